The van der Waals surface area contributed by atoms with Gasteiger partial charge in [-0.15, -0.1) is 0 Å². The standard InChI is InChI=1S/C11H10N2O4S/c12-18(16,17)13-7-6-9(10(13)11(14)15)8-4-2-1-3-5-8/h1-7H,(H,14,15)(H2,12,16,17)/p-1. The van der Waals surface area contributed by atoms with Crippen LogP contribution in [0.1, 0.15) is 10.5 Å². The number of carbonyl (C=O) groups is 1. The molecule has 0 spiro atoms. The summed E-state index contributed by atoms with van der Waals surface area (Å²) in [5.74, 6) is -1.60. The fraction of sp³-hybridized carbons (Fsp3) is 0. The molecule has 0 fully saturated rings. The molecule has 2 aromatic rings. The SMILES string of the molecule is NS(=O)(=O)n1ccc(-c2ccccc2)c1C(=O)[O-]. The molecule has 6 nitrogen and oxygen atoms in total. The summed E-state index contributed by atoms with van der Waals surface area (Å²) in [6.45, 7) is 0. The quantitative estimate of drug-likeness (QED) is 0.812. The first kappa shape index (κ1) is 12.3. The van der Waals surface area contributed by atoms with Gasteiger partial charge in [-0.1, -0.05) is 30.3 Å². The van der Waals surface area contributed by atoms with Gasteiger partial charge in [0.1, 0.15) is 0 Å². The minimum Gasteiger partial charge on any atom is -0.543 e. The van der Waals surface area contributed by atoms with Crippen LogP contribution >= 0.6 is 0 Å². The van der Waals surface area contributed by atoms with Gasteiger partial charge in [0, 0.05) is 11.8 Å². The van der Waals surface area contributed by atoms with E-state index in [0.29, 0.717) is 9.54 Å². The van der Waals surface area contributed by atoms with Crippen molar-refractivity contribution in [2.45, 2.75) is 0 Å². The van der Waals surface area contributed by atoms with E-state index < -0.39 is 21.9 Å². The van der Waals surface area contributed by atoms with Gasteiger partial charge in [0.15, 0.2) is 0 Å². The minimum atomic E-state index is -4.17. The summed E-state index contributed by atoms with van der Waals surface area (Å²) in [6.07, 6.45) is 1.09. The number of nitrogens with zero attached hydrogens (tertiary/aromatic N) is 1. The highest BCUT2D eigenvalue weighted by Gasteiger charge is 2.17. The van der Waals surface area contributed by atoms with Gasteiger partial charge in [-0.25, -0.2) is 9.11 Å². The number of nitrogens with two attached hydrogens (primary N) is 1. The van der Waals surface area contributed by atoms with Crippen molar-refractivity contribution < 1.29 is 18.3 Å². The monoisotopic (exact) mass is 265 g/mol. The summed E-state index contributed by atoms with van der Waals surface area (Å²) in [7, 11) is -4.17. The summed E-state index contributed by atoms with van der Waals surface area (Å²) >= 11 is 0. The van der Waals surface area contributed by atoms with Crippen LogP contribution in [0.5, 0.6) is 0 Å². The number of carboxylic acids is 1. The lowest BCUT2D eigenvalue weighted by atomic mass is 10.1. The zero-order valence-corrected chi connectivity index (χ0v) is 9.92. The van der Waals surface area contributed by atoms with Crippen LogP contribution in [0.2, 0.25) is 0 Å². The largest absolute Gasteiger partial charge is 0.543 e. The summed E-state index contributed by atoms with van der Waals surface area (Å²) in [5.41, 5.74) is 0.326. The Morgan fingerprint density at radius 3 is 2.28 bits per heavy atom. The van der Waals surface area contributed by atoms with E-state index in [4.69, 9.17) is 5.14 Å². The van der Waals surface area contributed by atoms with E-state index in [2.05, 4.69) is 0 Å². The van der Waals surface area contributed by atoms with Gasteiger partial charge < -0.3 is 9.90 Å². The van der Waals surface area contributed by atoms with Crippen molar-refractivity contribution >= 4 is 16.2 Å². The van der Waals surface area contributed by atoms with Crippen LogP contribution in [-0.4, -0.2) is 18.4 Å². The van der Waals surface area contributed by atoms with Crippen LogP contribution in [0.15, 0.2) is 42.6 Å². The van der Waals surface area contributed by atoms with Crippen LogP contribution in [-0.2, 0) is 10.2 Å². The summed E-state index contributed by atoms with van der Waals surface area (Å²) < 4.78 is 23.0. The van der Waals surface area contributed by atoms with E-state index in [1.165, 1.54) is 6.07 Å². The Balaban J connectivity index is 2.72. The van der Waals surface area contributed by atoms with Crippen molar-refractivity contribution in [1.29, 1.82) is 0 Å². The number of hydrogen-bond donors (Lipinski definition) is 1. The summed E-state index contributed by atoms with van der Waals surface area (Å²) in [4.78, 5) is 11.1. The molecule has 0 bridgehead atoms. The highest BCUT2D eigenvalue weighted by molar-refractivity contribution is 7.87. The molecule has 1 heterocycles. The topological polar surface area (TPSA) is 105 Å². The molecule has 1 aromatic heterocycles. The van der Waals surface area contributed by atoms with Crippen LogP contribution in [0.4, 0.5) is 0 Å². The van der Waals surface area contributed by atoms with E-state index in [0.717, 1.165) is 6.20 Å². The molecule has 0 aliphatic carbocycles. The predicted molar refractivity (Wildman–Crippen MR) is 62.7 cm³/mol. The summed E-state index contributed by atoms with van der Waals surface area (Å²) in [5, 5.41) is 16.0. The molecule has 0 atom stereocenters. The summed E-state index contributed by atoms with van der Waals surface area (Å²) in [6, 6.07) is 9.87. The van der Waals surface area contributed by atoms with Crippen molar-refractivity contribution in [2.24, 2.45) is 5.14 Å². The van der Waals surface area contributed by atoms with Crippen molar-refractivity contribution in [3.63, 3.8) is 0 Å². The maximum atomic E-state index is 11.3. The van der Waals surface area contributed by atoms with Crippen LogP contribution < -0.4 is 10.2 Å². The van der Waals surface area contributed by atoms with E-state index >= 15 is 0 Å². The molecule has 1 aromatic carbocycles. The van der Waals surface area contributed by atoms with E-state index in [1.54, 1.807) is 30.3 Å². The van der Waals surface area contributed by atoms with Crippen LogP contribution in [0.25, 0.3) is 11.1 Å². The Morgan fingerprint density at radius 1 is 1.17 bits per heavy atom. The molecule has 7 heteroatoms. The molecule has 0 aliphatic heterocycles. The molecule has 0 saturated carbocycles. The van der Waals surface area contributed by atoms with Crippen molar-refractivity contribution in [3.05, 3.63) is 48.3 Å². The molecule has 0 aliphatic rings. The first-order valence-electron chi connectivity index (χ1n) is 4.92. The van der Waals surface area contributed by atoms with Gasteiger partial charge in [0.2, 0.25) is 0 Å². The Labute approximate surface area is 103 Å². The Hall–Kier alpha value is -2.12. The number of benzene rings is 1. The normalized spacial score (nSPS) is 11.4. The predicted octanol–water partition coefficient (Wildman–Crippen LogP) is -0.430. The molecule has 18 heavy (non-hydrogen) atoms. The Kier molecular flexibility index (Phi) is 2.93. The molecular weight excluding hydrogens is 256 g/mol. The van der Waals surface area contributed by atoms with Crippen molar-refractivity contribution in [3.8, 4) is 11.1 Å². The number of aromatic nitrogens is 1. The van der Waals surface area contributed by atoms with Gasteiger partial charge in [-0.2, -0.15) is 8.42 Å². The third-order valence-corrected chi connectivity index (χ3v) is 3.26. The third kappa shape index (κ3) is 2.13. The van der Waals surface area contributed by atoms with Gasteiger partial charge in [0.05, 0.1) is 11.7 Å². The number of rotatable bonds is 3. The Bertz CT molecular complexity index is 689. The molecule has 0 saturated heterocycles. The van der Waals surface area contributed by atoms with Crippen LogP contribution in [0.3, 0.4) is 0 Å². The fourth-order valence-electron chi connectivity index (χ4n) is 1.68. The van der Waals surface area contributed by atoms with Crippen molar-refractivity contribution in [2.75, 3.05) is 0 Å². The number of carbonyl (C=O) groups excluding carboxylic acids is 1. The lowest BCUT2D eigenvalue weighted by Gasteiger charge is -2.10. The average molecular weight is 265 g/mol. The maximum absolute atomic E-state index is 11.3. The lowest BCUT2D eigenvalue weighted by Crippen LogP contribution is -2.31. The minimum absolute atomic E-state index is 0.240. The lowest BCUT2D eigenvalue weighted by molar-refractivity contribution is -0.255. The Morgan fingerprint density at radius 2 is 1.78 bits per heavy atom. The average Bonchev–Trinajstić information content (AvgIpc) is 2.74. The molecule has 0 unspecified atom stereocenters. The van der Waals surface area contributed by atoms with E-state index in [-0.39, 0.29) is 5.56 Å². The van der Waals surface area contributed by atoms with Crippen molar-refractivity contribution in [1.82, 2.24) is 3.97 Å². The van der Waals surface area contributed by atoms with E-state index in [9.17, 15) is 18.3 Å². The third-order valence-electron chi connectivity index (χ3n) is 2.40. The highest BCUT2D eigenvalue weighted by Crippen LogP contribution is 2.24. The first-order valence-corrected chi connectivity index (χ1v) is 6.43. The molecule has 2 rings (SSSR count). The van der Waals surface area contributed by atoms with E-state index in [1.807, 2.05) is 0 Å². The zero-order valence-electron chi connectivity index (χ0n) is 9.11. The second-order valence-electron chi connectivity index (χ2n) is 3.57. The smallest absolute Gasteiger partial charge is 0.302 e. The molecule has 94 valence electrons. The fourth-order valence-corrected chi connectivity index (χ4v) is 2.33. The second kappa shape index (κ2) is 4.28. The number of hydrogen-bond acceptors (Lipinski definition) is 4. The number of carboxylic acid groups (broad SMARTS) is 1. The van der Waals surface area contributed by atoms with Gasteiger partial charge >= 0.3 is 10.2 Å². The molecule has 0 radical (unpaired) electrons. The van der Waals surface area contributed by atoms with Gasteiger partial charge in [-0.05, 0) is 11.6 Å². The van der Waals surface area contributed by atoms with Gasteiger partial charge in [-0.3, -0.25) is 0 Å². The molecular formula is C11H9N2O4S-. The van der Waals surface area contributed by atoms with Crippen LogP contribution in [0, 0.1) is 0 Å². The zero-order chi connectivity index (χ0) is 13.3. The second-order valence-corrected chi connectivity index (χ2v) is 5.00. The van der Waals surface area contributed by atoms with Gasteiger partial charge in [0.25, 0.3) is 0 Å². The molecule has 2 N–H and O–H groups in total. The maximum Gasteiger partial charge on any atom is 0.302 e. The highest BCUT2D eigenvalue weighted by atomic mass is 32.2. The first-order chi connectivity index (χ1) is 8.41. The molecule has 0 amide bonds. The number of aromatic carboxylic acids is 1.